The SMILES string of the molecule is CC(=O)Nc1ccccc1SCC(=O)N1CCCC[C@H](N(C)C)C1. The molecular weight excluding hydrogens is 322 g/mol. The van der Waals surface area contributed by atoms with Crippen molar-refractivity contribution < 1.29 is 9.59 Å². The number of hydrogen-bond donors (Lipinski definition) is 1. The van der Waals surface area contributed by atoms with Gasteiger partial charge in [0.25, 0.3) is 0 Å². The summed E-state index contributed by atoms with van der Waals surface area (Å²) in [6, 6.07) is 8.05. The Balaban J connectivity index is 1.96. The van der Waals surface area contributed by atoms with Crippen LogP contribution in [0.1, 0.15) is 26.2 Å². The number of benzene rings is 1. The fraction of sp³-hybridized carbons (Fsp3) is 0.556. The van der Waals surface area contributed by atoms with Gasteiger partial charge >= 0.3 is 0 Å². The van der Waals surface area contributed by atoms with Crippen LogP contribution in [0.5, 0.6) is 0 Å². The molecule has 0 radical (unpaired) electrons. The minimum atomic E-state index is -0.101. The lowest BCUT2D eigenvalue weighted by atomic mass is 10.1. The molecule has 2 rings (SSSR count). The number of thioether (sulfide) groups is 1. The number of nitrogens with zero attached hydrogens (tertiary/aromatic N) is 2. The monoisotopic (exact) mass is 349 g/mol. The standard InChI is InChI=1S/C18H27N3O2S/c1-14(22)19-16-9-4-5-10-17(16)24-13-18(23)21-11-7-6-8-15(12-21)20(2)3/h4-5,9-10,15H,6-8,11-13H2,1-3H3,(H,19,22)/t15-/m0/s1. The van der Waals surface area contributed by atoms with Gasteiger partial charge in [-0.15, -0.1) is 11.8 Å². The second-order valence-electron chi connectivity index (χ2n) is 6.42. The minimum Gasteiger partial charge on any atom is -0.340 e. The van der Waals surface area contributed by atoms with Crippen LogP contribution in [0, 0.1) is 0 Å². The van der Waals surface area contributed by atoms with Gasteiger partial charge in [-0.3, -0.25) is 9.59 Å². The van der Waals surface area contributed by atoms with E-state index in [2.05, 4.69) is 24.3 Å². The summed E-state index contributed by atoms with van der Waals surface area (Å²) in [5, 5.41) is 2.82. The highest BCUT2D eigenvalue weighted by molar-refractivity contribution is 8.00. The van der Waals surface area contributed by atoms with Crippen molar-refractivity contribution in [2.24, 2.45) is 0 Å². The summed E-state index contributed by atoms with van der Waals surface area (Å²) in [7, 11) is 4.16. The third-order valence-corrected chi connectivity index (χ3v) is 5.34. The summed E-state index contributed by atoms with van der Waals surface area (Å²) < 4.78 is 0. The highest BCUT2D eigenvalue weighted by atomic mass is 32.2. The van der Waals surface area contributed by atoms with Gasteiger partial charge in [0.05, 0.1) is 11.4 Å². The Hall–Kier alpha value is -1.53. The average molecular weight is 350 g/mol. The summed E-state index contributed by atoms with van der Waals surface area (Å²) in [6.45, 7) is 3.14. The number of para-hydroxylation sites is 1. The first-order chi connectivity index (χ1) is 11.5. The van der Waals surface area contributed by atoms with E-state index in [1.807, 2.05) is 29.2 Å². The zero-order valence-corrected chi connectivity index (χ0v) is 15.6. The molecular formula is C18H27N3O2S. The fourth-order valence-electron chi connectivity index (χ4n) is 2.88. The second-order valence-corrected chi connectivity index (χ2v) is 7.44. The lowest BCUT2D eigenvalue weighted by Gasteiger charge is -2.28. The smallest absolute Gasteiger partial charge is 0.232 e. The van der Waals surface area contributed by atoms with Gasteiger partial charge in [-0.25, -0.2) is 0 Å². The van der Waals surface area contributed by atoms with Crippen molar-refractivity contribution in [2.75, 3.05) is 38.3 Å². The van der Waals surface area contributed by atoms with Gasteiger partial charge < -0.3 is 15.1 Å². The first kappa shape index (κ1) is 18.8. The molecule has 0 unspecified atom stereocenters. The van der Waals surface area contributed by atoms with Gasteiger partial charge in [0.2, 0.25) is 11.8 Å². The summed E-state index contributed by atoms with van der Waals surface area (Å²) in [5.41, 5.74) is 0.768. The Morgan fingerprint density at radius 1 is 1.29 bits per heavy atom. The number of likely N-dealkylation sites (tertiary alicyclic amines) is 1. The molecule has 0 spiro atoms. The van der Waals surface area contributed by atoms with Crippen LogP contribution in [0.25, 0.3) is 0 Å². The molecule has 132 valence electrons. The quantitative estimate of drug-likeness (QED) is 0.831. The second kappa shape index (κ2) is 9.08. The Labute approximate surface area is 148 Å². The van der Waals surface area contributed by atoms with E-state index in [1.54, 1.807) is 0 Å². The fourth-order valence-corrected chi connectivity index (χ4v) is 3.79. The molecule has 1 saturated heterocycles. The third-order valence-electron chi connectivity index (χ3n) is 4.28. The van der Waals surface area contributed by atoms with Crippen molar-refractivity contribution in [3.8, 4) is 0 Å². The molecule has 1 aliphatic rings. The molecule has 0 bridgehead atoms. The van der Waals surface area contributed by atoms with E-state index in [-0.39, 0.29) is 11.8 Å². The van der Waals surface area contributed by atoms with Gasteiger partial charge in [0.15, 0.2) is 0 Å². The van der Waals surface area contributed by atoms with Crippen molar-refractivity contribution in [3.05, 3.63) is 24.3 Å². The highest BCUT2D eigenvalue weighted by Gasteiger charge is 2.23. The first-order valence-corrected chi connectivity index (χ1v) is 9.39. The number of anilines is 1. The lowest BCUT2D eigenvalue weighted by Crippen LogP contribution is -2.42. The van der Waals surface area contributed by atoms with Crippen molar-refractivity contribution >= 4 is 29.3 Å². The van der Waals surface area contributed by atoms with Crippen LogP contribution < -0.4 is 5.32 Å². The maximum absolute atomic E-state index is 12.6. The van der Waals surface area contributed by atoms with E-state index < -0.39 is 0 Å². The summed E-state index contributed by atoms with van der Waals surface area (Å²) in [6.07, 6.45) is 3.39. The minimum absolute atomic E-state index is 0.101. The zero-order valence-electron chi connectivity index (χ0n) is 14.7. The maximum Gasteiger partial charge on any atom is 0.232 e. The van der Waals surface area contributed by atoms with Crippen molar-refractivity contribution in [3.63, 3.8) is 0 Å². The summed E-state index contributed by atoms with van der Waals surface area (Å²) in [5.74, 6) is 0.471. The Morgan fingerprint density at radius 3 is 2.75 bits per heavy atom. The van der Waals surface area contributed by atoms with Crippen LogP contribution in [0.3, 0.4) is 0 Å². The molecule has 1 N–H and O–H groups in total. The van der Waals surface area contributed by atoms with Crippen LogP contribution in [-0.4, -0.2) is 60.6 Å². The first-order valence-electron chi connectivity index (χ1n) is 8.41. The van der Waals surface area contributed by atoms with E-state index in [0.29, 0.717) is 11.8 Å². The number of nitrogens with one attached hydrogen (secondary N) is 1. The van der Waals surface area contributed by atoms with Gasteiger partial charge in [0, 0.05) is 31.0 Å². The molecule has 6 heteroatoms. The zero-order chi connectivity index (χ0) is 17.5. The molecule has 1 fully saturated rings. The van der Waals surface area contributed by atoms with Gasteiger partial charge in [-0.2, -0.15) is 0 Å². The summed E-state index contributed by atoms with van der Waals surface area (Å²) in [4.78, 5) is 29.0. The topological polar surface area (TPSA) is 52.7 Å². The predicted octanol–water partition coefficient (Wildman–Crippen LogP) is 2.68. The molecule has 1 atom stereocenters. The van der Waals surface area contributed by atoms with E-state index in [9.17, 15) is 9.59 Å². The molecule has 1 aromatic carbocycles. The lowest BCUT2D eigenvalue weighted by molar-refractivity contribution is -0.128. The summed E-state index contributed by atoms with van der Waals surface area (Å²) >= 11 is 1.49. The highest BCUT2D eigenvalue weighted by Crippen LogP contribution is 2.27. The molecule has 1 heterocycles. The third kappa shape index (κ3) is 5.53. The molecule has 0 aliphatic carbocycles. The van der Waals surface area contributed by atoms with Crippen molar-refractivity contribution in [1.29, 1.82) is 0 Å². The average Bonchev–Trinajstić information content (AvgIpc) is 2.79. The number of carbonyl (C=O) groups excluding carboxylic acids is 2. The van der Waals surface area contributed by atoms with E-state index in [1.165, 1.54) is 25.1 Å². The van der Waals surface area contributed by atoms with E-state index in [0.717, 1.165) is 36.5 Å². The molecule has 0 saturated carbocycles. The Kier molecular flexibility index (Phi) is 7.12. The molecule has 1 aliphatic heterocycles. The molecule has 24 heavy (non-hydrogen) atoms. The van der Waals surface area contributed by atoms with Gasteiger partial charge in [-0.05, 0) is 39.1 Å². The van der Waals surface area contributed by atoms with Crippen LogP contribution in [-0.2, 0) is 9.59 Å². The van der Waals surface area contributed by atoms with Crippen LogP contribution >= 0.6 is 11.8 Å². The molecule has 0 aromatic heterocycles. The van der Waals surface area contributed by atoms with E-state index >= 15 is 0 Å². The van der Waals surface area contributed by atoms with Crippen LogP contribution in [0.4, 0.5) is 5.69 Å². The molecule has 5 nitrogen and oxygen atoms in total. The Bertz CT molecular complexity index is 577. The van der Waals surface area contributed by atoms with Crippen LogP contribution in [0.15, 0.2) is 29.2 Å². The van der Waals surface area contributed by atoms with Gasteiger partial charge in [-0.1, -0.05) is 18.6 Å². The number of carbonyl (C=O) groups is 2. The normalized spacial score (nSPS) is 18.3. The number of hydrogen-bond acceptors (Lipinski definition) is 4. The van der Waals surface area contributed by atoms with Crippen molar-refractivity contribution in [2.45, 2.75) is 37.1 Å². The van der Waals surface area contributed by atoms with Gasteiger partial charge in [0.1, 0.15) is 0 Å². The molecule has 2 amide bonds. The van der Waals surface area contributed by atoms with Crippen molar-refractivity contribution in [1.82, 2.24) is 9.80 Å². The number of likely N-dealkylation sites (N-methyl/N-ethyl adjacent to an activating group) is 1. The Morgan fingerprint density at radius 2 is 2.04 bits per heavy atom. The molecule has 1 aromatic rings. The van der Waals surface area contributed by atoms with E-state index in [4.69, 9.17) is 0 Å². The predicted molar refractivity (Wildman–Crippen MR) is 99.4 cm³/mol. The largest absolute Gasteiger partial charge is 0.340 e. The maximum atomic E-state index is 12.6. The number of amides is 2. The van der Waals surface area contributed by atoms with Crippen LogP contribution in [0.2, 0.25) is 0 Å². The number of rotatable bonds is 5.